The van der Waals surface area contributed by atoms with Gasteiger partial charge in [-0.05, 0) is 49.2 Å². The molecule has 3 rings (SSSR count). The van der Waals surface area contributed by atoms with E-state index in [9.17, 15) is 9.59 Å². The summed E-state index contributed by atoms with van der Waals surface area (Å²) in [6.07, 6.45) is 1.37. The van der Waals surface area contributed by atoms with Gasteiger partial charge in [0.05, 0.1) is 6.04 Å². The molecular formula is C26H30BrNO3. The van der Waals surface area contributed by atoms with E-state index in [-0.39, 0.29) is 18.4 Å². The van der Waals surface area contributed by atoms with Crippen molar-refractivity contribution in [1.82, 2.24) is 4.90 Å². The number of benzene rings is 2. The maximum Gasteiger partial charge on any atom is 0.322 e. The topological polar surface area (TPSA) is 46.6 Å². The molecule has 0 aliphatic carbocycles. The standard InChI is InChI=1S/C26H30BrNO3/c1-19(27)18-26(24(30)31-25(2,3)4)16-11-17-28(23(26)29)22(20-12-7-5-8-13-20)21-14-9-6-10-15-21/h5-10,12-15,22H,1,11,16-18H2,2-4H3/t26-/m0/s1. The summed E-state index contributed by atoms with van der Waals surface area (Å²) in [5.41, 5.74) is 0.0614. The number of carbonyl (C=O) groups excluding carboxylic acids is 2. The van der Waals surface area contributed by atoms with Gasteiger partial charge >= 0.3 is 5.97 Å². The van der Waals surface area contributed by atoms with Crippen LogP contribution in [0.3, 0.4) is 0 Å². The molecule has 0 N–H and O–H groups in total. The van der Waals surface area contributed by atoms with Crippen LogP contribution in [0.5, 0.6) is 0 Å². The molecular weight excluding hydrogens is 454 g/mol. The Kier molecular flexibility index (Phi) is 7.05. The van der Waals surface area contributed by atoms with E-state index in [0.717, 1.165) is 11.1 Å². The van der Waals surface area contributed by atoms with Gasteiger partial charge < -0.3 is 9.64 Å². The first-order valence-corrected chi connectivity index (χ1v) is 11.4. The van der Waals surface area contributed by atoms with Gasteiger partial charge in [0.15, 0.2) is 5.41 Å². The molecule has 1 aliphatic rings. The SMILES string of the molecule is C=C(Br)C[C@@]1(C(=O)OC(C)(C)C)CCCN(C(c2ccccc2)c2ccccc2)C1=O. The van der Waals surface area contributed by atoms with Gasteiger partial charge in [-0.3, -0.25) is 9.59 Å². The molecule has 0 spiro atoms. The Hall–Kier alpha value is -2.40. The second-order valence-corrected chi connectivity index (χ2v) is 10.2. The minimum absolute atomic E-state index is 0.202. The van der Waals surface area contributed by atoms with Gasteiger partial charge in [-0.2, -0.15) is 0 Å². The van der Waals surface area contributed by atoms with Gasteiger partial charge in [-0.25, -0.2) is 0 Å². The van der Waals surface area contributed by atoms with Crippen LogP contribution in [0, 0.1) is 5.41 Å². The summed E-state index contributed by atoms with van der Waals surface area (Å²) in [5, 5.41) is 0. The van der Waals surface area contributed by atoms with Crippen LogP contribution in [0.25, 0.3) is 0 Å². The van der Waals surface area contributed by atoms with Gasteiger partial charge in [0.25, 0.3) is 0 Å². The smallest absolute Gasteiger partial charge is 0.322 e. The van der Waals surface area contributed by atoms with Crippen LogP contribution in [-0.4, -0.2) is 28.9 Å². The molecule has 31 heavy (non-hydrogen) atoms. The first-order chi connectivity index (χ1) is 14.6. The number of amides is 1. The summed E-state index contributed by atoms with van der Waals surface area (Å²) in [4.78, 5) is 29.3. The Morgan fingerprint density at radius 3 is 2.06 bits per heavy atom. The van der Waals surface area contributed by atoms with E-state index < -0.39 is 17.0 Å². The predicted molar refractivity (Wildman–Crippen MR) is 127 cm³/mol. The second kappa shape index (κ2) is 9.39. The zero-order chi connectivity index (χ0) is 22.6. The van der Waals surface area contributed by atoms with E-state index in [4.69, 9.17) is 4.74 Å². The van der Waals surface area contributed by atoms with Crippen molar-refractivity contribution in [3.8, 4) is 0 Å². The van der Waals surface area contributed by atoms with Gasteiger partial charge in [0, 0.05) is 13.0 Å². The Morgan fingerprint density at radius 1 is 1.10 bits per heavy atom. The highest BCUT2D eigenvalue weighted by atomic mass is 79.9. The van der Waals surface area contributed by atoms with Crippen LogP contribution in [0.4, 0.5) is 0 Å². The maximum absolute atomic E-state index is 14.1. The van der Waals surface area contributed by atoms with E-state index in [1.54, 1.807) is 0 Å². The molecule has 0 unspecified atom stereocenters. The van der Waals surface area contributed by atoms with Crippen LogP contribution in [-0.2, 0) is 14.3 Å². The lowest BCUT2D eigenvalue weighted by Crippen LogP contribution is -2.55. The highest BCUT2D eigenvalue weighted by Gasteiger charge is 2.53. The van der Waals surface area contributed by atoms with E-state index in [1.807, 2.05) is 86.3 Å². The number of hydrogen-bond acceptors (Lipinski definition) is 3. The van der Waals surface area contributed by atoms with Crippen LogP contribution < -0.4 is 0 Å². The van der Waals surface area contributed by atoms with Crippen molar-refractivity contribution in [2.24, 2.45) is 5.41 Å². The van der Waals surface area contributed by atoms with Gasteiger partial charge in [-0.15, -0.1) is 0 Å². The maximum atomic E-state index is 14.1. The second-order valence-electron chi connectivity index (χ2n) is 9.10. The Labute approximate surface area is 193 Å². The van der Waals surface area contributed by atoms with Gasteiger partial charge in [0.1, 0.15) is 5.60 Å². The van der Waals surface area contributed by atoms with Crippen LogP contribution in [0.2, 0.25) is 0 Å². The molecule has 0 bridgehead atoms. The van der Waals surface area contributed by atoms with Crippen LogP contribution in [0.1, 0.15) is 57.2 Å². The Morgan fingerprint density at radius 2 is 1.61 bits per heavy atom. The van der Waals surface area contributed by atoms with Crippen molar-refractivity contribution in [2.75, 3.05) is 6.54 Å². The van der Waals surface area contributed by atoms with Crippen molar-refractivity contribution in [3.63, 3.8) is 0 Å². The third-order valence-electron chi connectivity index (χ3n) is 5.50. The first-order valence-electron chi connectivity index (χ1n) is 10.6. The largest absolute Gasteiger partial charge is 0.459 e. The van der Waals surface area contributed by atoms with E-state index in [0.29, 0.717) is 23.9 Å². The lowest BCUT2D eigenvalue weighted by atomic mass is 9.75. The first kappa shape index (κ1) is 23.3. The van der Waals surface area contributed by atoms with Crippen molar-refractivity contribution in [3.05, 3.63) is 82.9 Å². The summed E-state index contributed by atoms with van der Waals surface area (Å²) >= 11 is 3.39. The van der Waals surface area contributed by atoms with Crippen LogP contribution >= 0.6 is 15.9 Å². The molecule has 0 radical (unpaired) electrons. The molecule has 1 aliphatic heterocycles. The fourth-order valence-corrected chi connectivity index (χ4v) is 4.71. The summed E-state index contributed by atoms with van der Waals surface area (Å²) in [6, 6.07) is 19.6. The highest BCUT2D eigenvalue weighted by molar-refractivity contribution is 9.11. The third kappa shape index (κ3) is 5.27. The normalized spacial score (nSPS) is 19.4. The number of carbonyl (C=O) groups is 2. The summed E-state index contributed by atoms with van der Waals surface area (Å²) < 4.78 is 6.36. The molecule has 1 fully saturated rings. The average Bonchev–Trinajstić information content (AvgIpc) is 2.71. The van der Waals surface area contributed by atoms with Crippen molar-refractivity contribution in [1.29, 1.82) is 0 Å². The zero-order valence-corrected chi connectivity index (χ0v) is 20.0. The molecule has 1 saturated heterocycles. The predicted octanol–water partition coefficient (Wildman–Crippen LogP) is 6.03. The molecule has 0 saturated carbocycles. The molecule has 164 valence electrons. The zero-order valence-electron chi connectivity index (χ0n) is 18.4. The lowest BCUT2D eigenvalue weighted by Gasteiger charge is -2.44. The molecule has 2 aromatic carbocycles. The number of likely N-dealkylation sites (tertiary alicyclic amines) is 1. The Bertz CT molecular complexity index is 897. The minimum atomic E-state index is -1.28. The van der Waals surface area contributed by atoms with E-state index >= 15 is 0 Å². The fraction of sp³-hybridized carbons (Fsp3) is 0.385. The molecule has 1 atom stereocenters. The molecule has 1 amide bonds. The third-order valence-corrected chi connectivity index (χ3v) is 5.78. The number of piperidine rings is 1. The highest BCUT2D eigenvalue weighted by Crippen LogP contribution is 2.44. The van der Waals surface area contributed by atoms with E-state index in [1.165, 1.54) is 0 Å². The summed E-state index contributed by atoms with van der Waals surface area (Å²) in [7, 11) is 0. The average molecular weight is 484 g/mol. The van der Waals surface area contributed by atoms with Gasteiger partial charge in [0.2, 0.25) is 5.91 Å². The summed E-state index contributed by atoms with van der Waals surface area (Å²) in [6.45, 7) is 9.98. The number of ether oxygens (including phenoxy) is 1. The van der Waals surface area contributed by atoms with Gasteiger partial charge in [-0.1, -0.05) is 83.2 Å². The molecule has 4 nitrogen and oxygen atoms in total. The molecule has 5 heteroatoms. The quantitative estimate of drug-likeness (QED) is 0.372. The number of rotatable bonds is 6. The molecule has 0 aromatic heterocycles. The van der Waals surface area contributed by atoms with Crippen molar-refractivity contribution in [2.45, 2.75) is 51.7 Å². The van der Waals surface area contributed by atoms with Crippen LogP contribution in [0.15, 0.2) is 71.7 Å². The minimum Gasteiger partial charge on any atom is -0.459 e. The van der Waals surface area contributed by atoms with Crippen molar-refractivity contribution >= 4 is 27.8 Å². The number of nitrogens with zero attached hydrogens (tertiary/aromatic N) is 1. The van der Waals surface area contributed by atoms with Crippen molar-refractivity contribution < 1.29 is 14.3 Å². The number of esters is 1. The molecule has 2 aromatic rings. The number of hydrogen-bond donors (Lipinski definition) is 0. The number of halogens is 1. The monoisotopic (exact) mass is 483 g/mol. The number of allylic oxidation sites excluding steroid dienone is 1. The lowest BCUT2D eigenvalue weighted by molar-refractivity contribution is -0.178. The molecule has 1 heterocycles. The fourth-order valence-electron chi connectivity index (χ4n) is 4.23. The Balaban J connectivity index is 2.08. The van der Waals surface area contributed by atoms with E-state index in [2.05, 4.69) is 22.5 Å². The summed E-state index contributed by atoms with van der Waals surface area (Å²) in [5.74, 6) is -0.679.